The first-order valence-corrected chi connectivity index (χ1v) is 10.4. The third-order valence-corrected chi connectivity index (χ3v) is 6.63. The number of hydrogen-bond acceptors (Lipinski definition) is 6. The molecule has 1 N–H and O–H groups in total. The Morgan fingerprint density at radius 1 is 1.21 bits per heavy atom. The van der Waals surface area contributed by atoms with E-state index in [2.05, 4.69) is 21.0 Å². The van der Waals surface area contributed by atoms with Crippen molar-refractivity contribution in [2.75, 3.05) is 32.8 Å². The average molecular weight is 397 g/mol. The highest BCUT2D eigenvalue weighted by molar-refractivity contribution is 5.78. The minimum absolute atomic E-state index is 0.0481. The summed E-state index contributed by atoms with van der Waals surface area (Å²) in [6, 6.07) is 7.99. The van der Waals surface area contributed by atoms with Gasteiger partial charge in [-0.3, -0.25) is 9.69 Å². The number of likely N-dealkylation sites (tertiary alicyclic amines) is 1. The van der Waals surface area contributed by atoms with Crippen molar-refractivity contribution in [3.63, 3.8) is 0 Å². The quantitative estimate of drug-likeness (QED) is 0.830. The van der Waals surface area contributed by atoms with Crippen molar-refractivity contribution in [2.24, 2.45) is 11.8 Å². The lowest BCUT2D eigenvalue weighted by Gasteiger charge is -2.34. The van der Waals surface area contributed by atoms with Gasteiger partial charge in [-0.2, -0.15) is 5.10 Å². The third kappa shape index (κ3) is 3.74. The molecule has 1 saturated carbocycles. The van der Waals surface area contributed by atoms with Crippen LogP contribution in [0, 0.1) is 11.8 Å². The zero-order chi connectivity index (χ0) is 19.8. The number of aliphatic hydroxyl groups is 1. The van der Waals surface area contributed by atoms with Gasteiger partial charge in [-0.1, -0.05) is 18.2 Å². The number of hydrogen-bond donors (Lipinski definition) is 1. The molecular formula is C21H27N5O3. The van der Waals surface area contributed by atoms with Crippen LogP contribution in [0.2, 0.25) is 0 Å². The van der Waals surface area contributed by atoms with E-state index in [1.165, 1.54) is 6.33 Å². The number of carbonyl (C=O) groups excluding carboxylic acids is 1. The van der Waals surface area contributed by atoms with Gasteiger partial charge in [-0.25, -0.2) is 9.67 Å². The van der Waals surface area contributed by atoms with Crippen molar-refractivity contribution in [2.45, 2.75) is 31.5 Å². The van der Waals surface area contributed by atoms with E-state index in [1.807, 2.05) is 23.1 Å². The minimum atomic E-state index is -0.438. The van der Waals surface area contributed by atoms with E-state index < -0.39 is 6.10 Å². The molecule has 2 aromatic rings. The van der Waals surface area contributed by atoms with Crippen LogP contribution in [0.4, 0.5) is 0 Å². The fourth-order valence-electron chi connectivity index (χ4n) is 5.09. The molecule has 1 saturated heterocycles. The lowest BCUT2D eigenvalue weighted by Crippen LogP contribution is -2.40. The Kier molecular flexibility index (Phi) is 4.97. The van der Waals surface area contributed by atoms with E-state index >= 15 is 0 Å². The van der Waals surface area contributed by atoms with Crippen molar-refractivity contribution in [3.8, 4) is 5.75 Å². The summed E-state index contributed by atoms with van der Waals surface area (Å²) in [5.74, 6) is 1.86. The van der Waals surface area contributed by atoms with Gasteiger partial charge in [0.1, 0.15) is 25.0 Å². The highest BCUT2D eigenvalue weighted by atomic mass is 16.5. The standard InChI is InChI=1S/C21H27N5O3/c27-19-8-17-11-25(10-16(17)7-18(19)26-14-22-13-23-26)21(28)12-24-5-6-29-20-4-2-1-3-15(20)9-24/h1-4,13-14,16-19,27H,5-12H2/t16-,17+,18-,19-/m1/s1. The molecule has 8 nitrogen and oxygen atoms in total. The number of benzene rings is 1. The van der Waals surface area contributed by atoms with Crippen molar-refractivity contribution in [1.82, 2.24) is 24.6 Å². The summed E-state index contributed by atoms with van der Waals surface area (Å²) < 4.78 is 7.58. The number of fused-ring (bicyclic) bond motifs is 2. The summed E-state index contributed by atoms with van der Waals surface area (Å²) in [6.07, 6.45) is 4.29. The van der Waals surface area contributed by atoms with Gasteiger partial charge in [0.2, 0.25) is 5.91 Å². The maximum absolute atomic E-state index is 13.0. The molecule has 0 bridgehead atoms. The van der Waals surface area contributed by atoms with E-state index in [0.29, 0.717) is 31.4 Å². The molecule has 1 aromatic carbocycles. The fourth-order valence-corrected chi connectivity index (χ4v) is 5.09. The lowest BCUT2D eigenvalue weighted by molar-refractivity contribution is -0.131. The summed E-state index contributed by atoms with van der Waals surface area (Å²) in [7, 11) is 0. The van der Waals surface area contributed by atoms with Crippen LogP contribution in [0.15, 0.2) is 36.9 Å². The van der Waals surface area contributed by atoms with Gasteiger partial charge < -0.3 is 14.7 Å². The number of aromatic nitrogens is 3. The zero-order valence-electron chi connectivity index (χ0n) is 16.4. The molecule has 0 unspecified atom stereocenters. The first-order valence-electron chi connectivity index (χ1n) is 10.4. The monoisotopic (exact) mass is 397 g/mol. The number of nitrogens with zero attached hydrogens (tertiary/aromatic N) is 5. The highest BCUT2D eigenvalue weighted by Gasteiger charge is 2.43. The zero-order valence-corrected chi connectivity index (χ0v) is 16.4. The van der Waals surface area contributed by atoms with Gasteiger partial charge in [0.05, 0.1) is 18.7 Å². The molecule has 0 spiro atoms. The van der Waals surface area contributed by atoms with Crippen LogP contribution in [0.25, 0.3) is 0 Å². The predicted molar refractivity (Wildman–Crippen MR) is 105 cm³/mol. The SMILES string of the molecule is O=C(CN1CCOc2ccccc2C1)N1C[C@H]2C[C@@H](n3cncn3)[C@H](O)C[C@H]2C1. The summed E-state index contributed by atoms with van der Waals surface area (Å²) in [5, 5.41) is 14.8. The molecule has 5 rings (SSSR count). The number of aliphatic hydroxyl groups excluding tert-OH is 1. The molecule has 1 aliphatic carbocycles. The van der Waals surface area contributed by atoms with Crippen LogP contribution in [0.3, 0.4) is 0 Å². The summed E-state index contributed by atoms with van der Waals surface area (Å²) in [5.41, 5.74) is 1.13. The first-order chi connectivity index (χ1) is 14.2. The second-order valence-corrected chi connectivity index (χ2v) is 8.47. The van der Waals surface area contributed by atoms with Gasteiger partial charge in [0.25, 0.3) is 0 Å². The summed E-state index contributed by atoms with van der Waals surface area (Å²) in [4.78, 5) is 21.2. The number of para-hydroxylation sites is 1. The van der Waals surface area contributed by atoms with Crippen LogP contribution >= 0.6 is 0 Å². The molecular weight excluding hydrogens is 370 g/mol. The van der Waals surface area contributed by atoms with E-state index in [-0.39, 0.29) is 11.9 Å². The lowest BCUT2D eigenvalue weighted by atomic mass is 9.77. The van der Waals surface area contributed by atoms with E-state index in [1.54, 1.807) is 11.0 Å². The molecule has 2 fully saturated rings. The second-order valence-electron chi connectivity index (χ2n) is 8.47. The molecule has 8 heteroatoms. The van der Waals surface area contributed by atoms with E-state index in [9.17, 15) is 9.90 Å². The molecule has 4 atom stereocenters. The fraction of sp³-hybridized carbons (Fsp3) is 0.571. The van der Waals surface area contributed by atoms with Crippen LogP contribution < -0.4 is 4.74 Å². The first kappa shape index (κ1) is 18.6. The number of amides is 1. The minimum Gasteiger partial charge on any atom is -0.492 e. The number of ether oxygens (including phenoxy) is 1. The van der Waals surface area contributed by atoms with E-state index in [0.717, 1.165) is 43.9 Å². The Morgan fingerprint density at radius 3 is 2.86 bits per heavy atom. The van der Waals surface area contributed by atoms with Crippen LogP contribution in [-0.4, -0.2) is 74.5 Å². The van der Waals surface area contributed by atoms with Crippen molar-refractivity contribution in [1.29, 1.82) is 0 Å². The molecule has 0 radical (unpaired) electrons. The molecule has 3 heterocycles. The Balaban J connectivity index is 1.21. The van der Waals surface area contributed by atoms with Gasteiger partial charge in [-0.05, 0) is 30.7 Å². The molecule has 1 aromatic heterocycles. The molecule has 3 aliphatic rings. The van der Waals surface area contributed by atoms with Crippen molar-refractivity contribution >= 4 is 5.91 Å². The maximum atomic E-state index is 13.0. The Hall–Kier alpha value is -2.45. The van der Waals surface area contributed by atoms with Crippen LogP contribution in [0.5, 0.6) is 5.75 Å². The van der Waals surface area contributed by atoms with Crippen LogP contribution in [-0.2, 0) is 11.3 Å². The molecule has 29 heavy (non-hydrogen) atoms. The Bertz CT molecular complexity index is 858. The van der Waals surface area contributed by atoms with E-state index in [4.69, 9.17) is 4.74 Å². The smallest absolute Gasteiger partial charge is 0.236 e. The van der Waals surface area contributed by atoms with Gasteiger partial charge >= 0.3 is 0 Å². The van der Waals surface area contributed by atoms with Gasteiger partial charge in [-0.15, -0.1) is 0 Å². The maximum Gasteiger partial charge on any atom is 0.236 e. The largest absolute Gasteiger partial charge is 0.492 e. The normalized spacial score (nSPS) is 29.6. The number of carbonyl (C=O) groups is 1. The second kappa shape index (κ2) is 7.76. The predicted octanol–water partition coefficient (Wildman–Crippen LogP) is 0.943. The molecule has 2 aliphatic heterocycles. The Labute approximate surface area is 170 Å². The topological polar surface area (TPSA) is 83.7 Å². The average Bonchev–Trinajstić information content (AvgIpc) is 3.33. The highest BCUT2D eigenvalue weighted by Crippen LogP contribution is 2.41. The van der Waals surface area contributed by atoms with Crippen molar-refractivity contribution < 1.29 is 14.6 Å². The summed E-state index contributed by atoms with van der Waals surface area (Å²) in [6.45, 7) is 3.99. The van der Waals surface area contributed by atoms with Gasteiger partial charge in [0.15, 0.2) is 0 Å². The molecule has 154 valence electrons. The summed E-state index contributed by atoms with van der Waals surface area (Å²) >= 11 is 0. The van der Waals surface area contributed by atoms with Crippen molar-refractivity contribution in [3.05, 3.63) is 42.5 Å². The molecule has 1 amide bonds. The van der Waals surface area contributed by atoms with Gasteiger partial charge in [0, 0.05) is 31.7 Å². The number of rotatable bonds is 3. The van der Waals surface area contributed by atoms with Crippen LogP contribution in [0.1, 0.15) is 24.4 Å². The third-order valence-electron chi connectivity index (χ3n) is 6.63. The Morgan fingerprint density at radius 2 is 2.03 bits per heavy atom.